The third-order valence-corrected chi connectivity index (χ3v) is 5.66. The lowest BCUT2D eigenvalue weighted by Gasteiger charge is -2.12. The maximum Gasteiger partial charge on any atom is 0.167 e. The number of nitrogens with zero attached hydrogens (tertiary/aromatic N) is 1. The molecule has 0 atom stereocenters. The molecular formula is C23H28N4O3. The Morgan fingerprint density at radius 2 is 1.63 bits per heavy atom. The number of phenolic OH excluding ortho intramolecular Hbond substituents is 3. The molecule has 2 heterocycles. The number of likely N-dealkylation sites (N-methyl/N-ethyl adjacent to an activating group) is 2. The number of phenols is 3. The number of hydrogen-bond acceptors (Lipinski definition) is 5. The van der Waals surface area contributed by atoms with Crippen LogP contribution in [0.4, 0.5) is 0 Å². The van der Waals surface area contributed by atoms with Crippen LogP contribution in [0.25, 0.3) is 32.9 Å². The van der Waals surface area contributed by atoms with Gasteiger partial charge in [-0.25, -0.2) is 0 Å². The molecule has 4 aromatic rings. The van der Waals surface area contributed by atoms with Gasteiger partial charge in [-0.3, -0.25) is 0 Å². The summed E-state index contributed by atoms with van der Waals surface area (Å²) in [6.07, 6.45) is 5.28. The zero-order chi connectivity index (χ0) is 21.4. The third-order valence-electron chi connectivity index (χ3n) is 5.66. The molecule has 7 nitrogen and oxygen atoms in total. The van der Waals surface area contributed by atoms with Crippen molar-refractivity contribution >= 4 is 21.8 Å². The van der Waals surface area contributed by atoms with Crippen LogP contribution in [0.5, 0.6) is 17.2 Å². The van der Waals surface area contributed by atoms with Gasteiger partial charge in [-0.2, -0.15) is 0 Å². The van der Waals surface area contributed by atoms with E-state index in [2.05, 4.69) is 20.2 Å². The van der Waals surface area contributed by atoms with Crippen LogP contribution in [0, 0.1) is 0 Å². The van der Waals surface area contributed by atoms with Crippen molar-refractivity contribution in [3.05, 3.63) is 41.7 Å². The molecule has 2 aromatic carbocycles. The lowest BCUT2D eigenvalue weighted by Crippen LogP contribution is -2.14. The van der Waals surface area contributed by atoms with E-state index in [4.69, 9.17) is 0 Å². The molecule has 30 heavy (non-hydrogen) atoms. The molecule has 7 heteroatoms. The van der Waals surface area contributed by atoms with Crippen molar-refractivity contribution in [1.82, 2.24) is 20.2 Å². The predicted molar refractivity (Wildman–Crippen MR) is 120 cm³/mol. The second-order valence-corrected chi connectivity index (χ2v) is 7.96. The van der Waals surface area contributed by atoms with E-state index in [1.54, 1.807) is 12.1 Å². The number of aromatic nitrogens is 2. The van der Waals surface area contributed by atoms with E-state index in [1.165, 1.54) is 0 Å². The highest BCUT2D eigenvalue weighted by Gasteiger charge is 2.21. The molecule has 0 saturated heterocycles. The summed E-state index contributed by atoms with van der Waals surface area (Å²) >= 11 is 0. The van der Waals surface area contributed by atoms with Crippen LogP contribution in [0.2, 0.25) is 0 Å². The summed E-state index contributed by atoms with van der Waals surface area (Å²) < 4.78 is 0. The summed E-state index contributed by atoms with van der Waals surface area (Å²) in [4.78, 5) is 8.56. The first kappa shape index (κ1) is 20.1. The standard InChI is InChI=1S/C23H28N4O3/c1-24-8-6-13-11-25-17-10-16(22(29)23(30)19(13)17)15-4-5-18(28)20-14(7-9-27(2)3)12-26-21(15)20/h4-5,10-12,24-26,28-30H,6-9H2,1-3H3. The van der Waals surface area contributed by atoms with Gasteiger partial charge in [0, 0.05) is 40.8 Å². The van der Waals surface area contributed by atoms with Crippen molar-refractivity contribution in [2.75, 3.05) is 34.2 Å². The van der Waals surface area contributed by atoms with E-state index in [0.717, 1.165) is 59.0 Å². The largest absolute Gasteiger partial charge is 0.507 e. The molecule has 6 N–H and O–H groups in total. The van der Waals surface area contributed by atoms with E-state index >= 15 is 0 Å². The molecule has 0 aliphatic carbocycles. The molecular weight excluding hydrogens is 380 g/mol. The smallest absolute Gasteiger partial charge is 0.167 e. The van der Waals surface area contributed by atoms with Gasteiger partial charge < -0.3 is 35.5 Å². The van der Waals surface area contributed by atoms with Crippen molar-refractivity contribution in [1.29, 1.82) is 0 Å². The average molecular weight is 409 g/mol. The van der Waals surface area contributed by atoms with E-state index < -0.39 is 0 Å². The molecule has 0 bridgehead atoms. The van der Waals surface area contributed by atoms with E-state index in [1.807, 2.05) is 39.6 Å². The Morgan fingerprint density at radius 1 is 0.900 bits per heavy atom. The van der Waals surface area contributed by atoms with E-state index in [-0.39, 0.29) is 17.2 Å². The maximum absolute atomic E-state index is 10.9. The highest BCUT2D eigenvalue weighted by molar-refractivity contribution is 6.04. The molecule has 158 valence electrons. The Bertz CT molecular complexity index is 1210. The maximum atomic E-state index is 10.9. The summed E-state index contributed by atoms with van der Waals surface area (Å²) in [7, 11) is 5.90. The molecule has 0 spiro atoms. The normalized spacial score (nSPS) is 11.9. The summed E-state index contributed by atoms with van der Waals surface area (Å²) in [5, 5.41) is 36.6. The van der Waals surface area contributed by atoms with Crippen molar-refractivity contribution in [2.45, 2.75) is 12.8 Å². The van der Waals surface area contributed by atoms with E-state index in [0.29, 0.717) is 10.9 Å². The lowest BCUT2D eigenvalue weighted by molar-refractivity contribution is 0.409. The molecule has 0 amide bonds. The fourth-order valence-electron chi connectivity index (χ4n) is 4.06. The fourth-order valence-corrected chi connectivity index (χ4v) is 4.06. The third kappa shape index (κ3) is 3.36. The van der Waals surface area contributed by atoms with Crippen LogP contribution in [0.15, 0.2) is 30.6 Å². The first-order chi connectivity index (χ1) is 14.4. The topological polar surface area (TPSA) is 108 Å². The zero-order valence-electron chi connectivity index (χ0n) is 17.5. The van der Waals surface area contributed by atoms with Crippen LogP contribution in [-0.4, -0.2) is 64.4 Å². The van der Waals surface area contributed by atoms with Crippen LogP contribution < -0.4 is 5.32 Å². The number of aromatic hydroxyl groups is 3. The first-order valence-corrected chi connectivity index (χ1v) is 10.1. The second-order valence-electron chi connectivity index (χ2n) is 7.96. The number of benzene rings is 2. The van der Waals surface area contributed by atoms with Crippen molar-refractivity contribution in [3.8, 4) is 28.4 Å². The molecule has 4 rings (SSSR count). The van der Waals surface area contributed by atoms with Gasteiger partial charge in [0.2, 0.25) is 0 Å². The molecule has 0 aliphatic rings. The van der Waals surface area contributed by atoms with Gasteiger partial charge in [0.15, 0.2) is 11.5 Å². The molecule has 0 saturated carbocycles. The lowest BCUT2D eigenvalue weighted by atomic mass is 9.97. The van der Waals surface area contributed by atoms with Crippen molar-refractivity contribution < 1.29 is 15.3 Å². The van der Waals surface area contributed by atoms with Gasteiger partial charge in [0.25, 0.3) is 0 Å². The number of hydrogen-bond donors (Lipinski definition) is 6. The van der Waals surface area contributed by atoms with Crippen molar-refractivity contribution in [3.63, 3.8) is 0 Å². The van der Waals surface area contributed by atoms with Gasteiger partial charge >= 0.3 is 0 Å². The van der Waals surface area contributed by atoms with Crippen LogP contribution in [-0.2, 0) is 12.8 Å². The number of H-pyrrole nitrogens is 2. The second kappa shape index (κ2) is 7.93. The Balaban J connectivity index is 1.86. The van der Waals surface area contributed by atoms with E-state index in [9.17, 15) is 15.3 Å². The Labute approximate surface area is 175 Å². The summed E-state index contributed by atoms with van der Waals surface area (Å²) in [6, 6.07) is 5.24. The minimum absolute atomic E-state index is 0.129. The Kier molecular flexibility index (Phi) is 5.32. The van der Waals surface area contributed by atoms with Crippen molar-refractivity contribution in [2.24, 2.45) is 0 Å². The number of nitrogens with one attached hydrogen (secondary N) is 3. The van der Waals surface area contributed by atoms with Gasteiger partial charge in [-0.1, -0.05) is 0 Å². The molecule has 2 aromatic heterocycles. The molecule has 0 aliphatic heterocycles. The SMILES string of the molecule is CNCCc1c[nH]c2cc(-c3ccc(O)c4c(CCN(C)C)c[nH]c34)c(O)c(O)c12. The zero-order valence-corrected chi connectivity index (χ0v) is 17.5. The minimum Gasteiger partial charge on any atom is -0.507 e. The van der Waals surface area contributed by atoms with Crippen LogP contribution in [0.3, 0.4) is 0 Å². The molecule has 0 radical (unpaired) electrons. The van der Waals surface area contributed by atoms with Gasteiger partial charge in [-0.15, -0.1) is 0 Å². The Hall–Kier alpha value is -3.16. The summed E-state index contributed by atoms with van der Waals surface area (Å²) in [6.45, 7) is 1.62. The highest BCUT2D eigenvalue weighted by atomic mass is 16.3. The fraction of sp³-hybridized carbons (Fsp3) is 0.304. The average Bonchev–Trinajstić information content (AvgIpc) is 3.33. The van der Waals surface area contributed by atoms with Gasteiger partial charge in [-0.05, 0) is 69.9 Å². The van der Waals surface area contributed by atoms with Gasteiger partial charge in [0.1, 0.15) is 5.75 Å². The predicted octanol–water partition coefficient (Wildman–Crippen LogP) is 3.30. The van der Waals surface area contributed by atoms with Crippen LogP contribution >= 0.6 is 0 Å². The quantitative estimate of drug-likeness (QED) is 0.263. The summed E-state index contributed by atoms with van der Waals surface area (Å²) in [5.74, 6) is -0.0949. The first-order valence-electron chi connectivity index (χ1n) is 10.1. The Morgan fingerprint density at radius 3 is 2.37 bits per heavy atom. The monoisotopic (exact) mass is 408 g/mol. The molecule has 0 fully saturated rings. The number of fused-ring (bicyclic) bond motifs is 2. The number of rotatable bonds is 7. The minimum atomic E-state index is -0.163. The summed E-state index contributed by atoms with van der Waals surface area (Å²) in [5.41, 5.74) is 4.68. The number of aromatic amines is 2. The molecule has 0 unspecified atom stereocenters. The highest BCUT2D eigenvalue weighted by Crippen LogP contribution is 2.46. The van der Waals surface area contributed by atoms with Crippen LogP contribution in [0.1, 0.15) is 11.1 Å². The van der Waals surface area contributed by atoms with Gasteiger partial charge in [0.05, 0.1) is 11.0 Å².